The average molecular weight is 521 g/mol. The summed E-state index contributed by atoms with van der Waals surface area (Å²) in [6.07, 6.45) is 2.06. The number of nitrogens with zero attached hydrogens (tertiary/aromatic N) is 3. The first-order valence-electron chi connectivity index (χ1n) is 12.1. The van der Waals surface area contributed by atoms with E-state index in [4.69, 9.17) is 16.3 Å². The maximum Gasteiger partial charge on any atom is 0.320 e. The van der Waals surface area contributed by atoms with E-state index < -0.39 is 0 Å². The maximum atomic E-state index is 13.0. The molecule has 0 fully saturated rings. The third kappa shape index (κ3) is 6.21. The number of nitrogens with one attached hydrogen (secondary N) is 3. The summed E-state index contributed by atoms with van der Waals surface area (Å²) in [5, 5.41) is 7.99. The molecule has 2 aromatic carbocycles. The summed E-state index contributed by atoms with van der Waals surface area (Å²) in [5.74, 6) is 1.57. The zero-order chi connectivity index (χ0) is 26.8. The van der Waals surface area contributed by atoms with E-state index in [0.29, 0.717) is 23.1 Å². The van der Waals surface area contributed by atoms with Gasteiger partial charge in [0, 0.05) is 23.9 Å². The van der Waals surface area contributed by atoms with E-state index in [2.05, 4.69) is 59.8 Å². The van der Waals surface area contributed by atoms with Crippen LogP contribution in [0.1, 0.15) is 44.5 Å². The van der Waals surface area contributed by atoms with E-state index in [1.165, 1.54) is 0 Å². The second-order valence-corrected chi connectivity index (χ2v) is 10.7. The molecule has 0 bridgehead atoms. The molecular formula is C28H33ClN6O2. The molecule has 0 saturated carbocycles. The molecule has 194 valence electrons. The molecule has 0 saturated heterocycles. The molecule has 0 aliphatic carbocycles. The topological polar surface area (TPSA) is 91.4 Å². The van der Waals surface area contributed by atoms with Crippen molar-refractivity contribution in [2.24, 2.45) is 5.41 Å². The van der Waals surface area contributed by atoms with Crippen LogP contribution in [0.2, 0.25) is 5.28 Å². The minimum atomic E-state index is -0.377. The fourth-order valence-electron chi connectivity index (χ4n) is 3.79. The van der Waals surface area contributed by atoms with Crippen molar-refractivity contribution >= 4 is 23.3 Å². The summed E-state index contributed by atoms with van der Waals surface area (Å²) < 4.78 is 5.95. The molecule has 3 N–H and O–H groups in total. The highest BCUT2D eigenvalue weighted by Gasteiger charge is 2.43. The molecule has 4 rings (SSSR count). The number of carbonyl (C=O) groups is 1. The number of halogens is 1. The van der Waals surface area contributed by atoms with Gasteiger partial charge in [0.25, 0.3) is 0 Å². The zero-order valence-electron chi connectivity index (χ0n) is 22.0. The van der Waals surface area contributed by atoms with Crippen molar-refractivity contribution in [3.63, 3.8) is 0 Å². The van der Waals surface area contributed by atoms with Crippen LogP contribution in [0.3, 0.4) is 0 Å². The van der Waals surface area contributed by atoms with Gasteiger partial charge in [-0.3, -0.25) is 10.3 Å². The maximum absolute atomic E-state index is 13.0. The van der Waals surface area contributed by atoms with Crippen LogP contribution in [0.5, 0.6) is 11.6 Å². The van der Waals surface area contributed by atoms with Gasteiger partial charge in [-0.15, -0.1) is 0 Å². The highest BCUT2D eigenvalue weighted by atomic mass is 35.5. The number of para-hydroxylation sites is 1. The number of aromatic nitrogens is 2. The molecule has 1 aromatic heterocycles. The Morgan fingerprint density at radius 2 is 1.81 bits per heavy atom. The van der Waals surface area contributed by atoms with Crippen LogP contribution < -0.4 is 25.8 Å². The lowest BCUT2D eigenvalue weighted by molar-refractivity contribution is 0.220. The van der Waals surface area contributed by atoms with E-state index in [0.717, 1.165) is 16.8 Å². The van der Waals surface area contributed by atoms with Crippen molar-refractivity contribution in [3.8, 4) is 11.6 Å². The largest absolute Gasteiger partial charge is 0.439 e. The SMILES string of the molecule is Cc1ccc(N2NC(C)(C(C)(C)C)C=C2NC(=O)NCc2ccccc2Oc2cc(C)nc(Cl)n2)cc1. The standard InChI is InChI=1S/C28H33ClN6O2/c1-18-11-13-21(14-12-18)35-23(16-28(6,34-35)27(3,4)5)32-26(36)30-17-20-9-7-8-10-22(20)37-24-15-19(2)31-25(29)33-24/h7-16,34H,17H2,1-6H3,(H2,30,32,36). The summed E-state index contributed by atoms with van der Waals surface area (Å²) in [5.41, 5.74) is 6.68. The van der Waals surface area contributed by atoms with Crippen molar-refractivity contribution in [1.82, 2.24) is 26.0 Å². The van der Waals surface area contributed by atoms with Gasteiger partial charge in [0.1, 0.15) is 11.6 Å². The lowest BCUT2D eigenvalue weighted by Crippen LogP contribution is -2.54. The lowest BCUT2D eigenvalue weighted by Gasteiger charge is -2.38. The molecule has 1 unspecified atom stereocenters. The van der Waals surface area contributed by atoms with E-state index in [-0.39, 0.29) is 28.8 Å². The zero-order valence-corrected chi connectivity index (χ0v) is 22.8. The van der Waals surface area contributed by atoms with Gasteiger partial charge >= 0.3 is 6.03 Å². The molecule has 1 aliphatic heterocycles. The first-order valence-corrected chi connectivity index (χ1v) is 12.5. The summed E-state index contributed by atoms with van der Waals surface area (Å²) in [4.78, 5) is 21.2. The molecule has 37 heavy (non-hydrogen) atoms. The smallest absolute Gasteiger partial charge is 0.320 e. The quantitative estimate of drug-likeness (QED) is 0.345. The van der Waals surface area contributed by atoms with Gasteiger partial charge in [0.15, 0.2) is 0 Å². The number of urea groups is 1. The normalized spacial score (nSPS) is 17.4. The predicted molar refractivity (Wildman–Crippen MR) is 146 cm³/mol. The molecule has 0 spiro atoms. The highest BCUT2D eigenvalue weighted by molar-refractivity contribution is 6.28. The average Bonchev–Trinajstić information content (AvgIpc) is 3.15. The number of anilines is 1. The third-order valence-corrected chi connectivity index (χ3v) is 6.70. The van der Waals surface area contributed by atoms with Gasteiger partial charge < -0.3 is 10.1 Å². The van der Waals surface area contributed by atoms with Crippen molar-refractivity contribution in [2.45, 2.75) is 53.6 Å². The number of hydrazine groups is 1. The first-order chi connectivity index (χ1) is 17.4. The summed E-state index contributed by atoms with van der Waals surface area (Å²) in [7, 11) is 0. The number of hydrogen-bond acceptors (Lipinski definition) is 6. The minimum Gasteiger partial charge on any atom is -0.439 e. The molecule has 2 heterocycles. The van der Waals surface area contributed by atoms with Crippen LogP contribution in [0.4, 0.5) is 10.5 Å². The number of aryl methyl sites for hydroxylation is 2. The summed E-state index contributed by atoms with van der Waals surface area (Å²) in [6.45, 7) is 12.7. The highest BCUT2D eigenvalue weighted by Crippen LogP contribution is 2.37. The van der Waals surface area contributed by atoms with Gasteiger partial charge in [-0.05, 0) is 62.1 Å². The summed E-state index contributed by atoms with van der Waals surface area (Å²) in [6, 6.07) is 17.0. The molecule has 0 radical (unpaired) electrons. The Morgan fingerprint density at radius 3 is 2.49 bits per heavy atom. The second-order valence-electron chi connectivity index (χ2n) is 10.4. The van der Waals surface area contributed by atoms with Crippen molar-refractivity contribution in [2.75, 3.05) is 5.01 Å². The van der Waals surface area contributed by atoms with Crippen LogP contribution in [0.15, 0.2) is 66.5 Å². The Balaban J connectivity index is 1.49. The Morgan fingerprint density at radius 1 is 1.11 bits per heavy atom. The first kappa shape index (κ1) is 26.4. The molecule has 8 nitrogen and oxygen atoms in total. The molecular weight excluding hydrogens is 488 g/mol. The van der Waals surface area contributed by atoms with E-state index in [1.54, 1.807) is 6.07 Å². The number of benzene rings is 2. The van der Waals surface area contributed by atoms with Gasteiger partial charge in [0.05, 0.1) is 11.2 Å². The number of hydrogen-bond donors (Lipinski definition) is 3. The van der Waals surface area contributed by atoms with Crippen molar-refractivity contribution in [1.29, 1.82) is 0 Å². The third-order valence-electron chi connectivity index (χ3n) is 6.53. The van der Waals surface area contributed by atoms with Gasteiger partial charge in [-0.2, -0.15) is 4.98 Å². The van der Waals surface area contributed by atoms with Crippen LogP contribution in [0, 0.1) is 19.3 Å². The fraction of sp³-hybridized carbons (Fsp3) is 0.321. The van der Waals surface area contributed by atoms with E-state index in [1.807, 2.05) is 67.4 Å². The van der Waals surface area contributed by atoms with Crippen LogP contribution in [0.25, 0.3) is 0 Å². The van der Waals surface area contributed by atoms with E-state index >= 15 is 0 Å². The molecule has 1 aliphatic rings. The van der Waals surface area contributed by atoms with Gasteiger partial charge in [-0.25, -0.2) is 15.2 Å². The van der Waals surface area contributed by atoms with Gasteiger partial charge in [-0.1, -0.05) is 56.7 Å². The monoisotopic (exact) mass is 520 g/mol. The number of ether oxygens (including phenoxy) is 1. The molecule has 1 atom stereocenters. The molecule has 2 amide bonds. The van der Waals surface area contributed by atoms with Crippen molar-refractivity contribution < 1.29 is 9.53 Å². The predicted octanol–water partition coefficient (Wildman–Crippen LogP) is 6.01. The second kappa shape index (κ2) is 10.4. The number of rotatable bonds is 6. The van der Waals surface area contributed by atoms with Crippen LogP contribution >= 0.6 is 11.6 Å². The van der Waals surface area contributed by atoms with Crippen LogP contribution in [-0.4, -0.2) is 21.5 Å². The molecule has 3 aromatic rings. The fourth-order valence-corrected chi connectivity index (χ4v) is 4.01. The Labute approximate surface area is 223 Å². The Hall–Kier alpha value is -3.62. The Bertz CT molecular complexity index is 1300. The summed E-state index contributed by atoms with van der Waals surface area (Å²) >= 11 is 5.97. The number of carbonyl (C=O) groups excluding carboxylic acids is 1. The van der Waals surface area contributed by atoms with Gasteiger partial charge in [0.2, 0.25) is 11.2 Å². The lowest BCUT2D eigenvalue weighted by atomic mass is 9.76. The Kier molecular flexibility index (Phi) is 7.43. The van der Waals surface area contributed by atoms with Crippen molar-refractivity contribution in [3.05, 3.63) is 88.6 Å². The van der Waals surface area contributed by atoms with E-state index in [9.17, 15) is 4.79 Å². The number of amides is 2. The molecule has 9 heteroatoms. The van der Waals surface area contributed by atoms with Crippen LogP contribution in [-0.2, 0) is 6.54 Å². The minimum absolute atomic E-state index is 0.103.